The van der Waals surface area contributed by atoms with Gasteiger partial charge in [0.05, 0.1) is 7.11 Å². The molecule has 0 saturated carbocycles. The molecule has 0 spiro atoms. The van der Waals surface area contributed by atoms with E-state index in [-0.39, 0.29) is 12.2 Å². The second-order valence-electron chi connectivity index (χ2n) is 5.72. The van der Waals surface area contributed by atoms with Gasteiger partial charge >= 0.3 is 12.1 Å². The third kappa shape index (κ3) is 5.95. The molecule has 0 fully saturated rings. The fourth-order valence-electron chi connectivity index (χ4n) is 1.71. The minimum atomic E-state index is -1.09. The molecule has 1 rings (SSSR count). The van der Waals surface area contributed by atoms with Crippen molar-refractivity contribution in [2.75, 3.05) is 7.11 Å². The van der Waals surface area contributed by atoms with E-state index < -0.39 is 23.7 Å². The van der Waals surface area contributed by atoms with E-state index in [0.717, 1.165) is 0 Å². The number of rotatable bonds is 5. The van der Waals surface area contributed by atoms with Gasteiger partial charge in [-0.3, -0.25) is 4.79 Å². The fraction of sp³-hybridized carbons (Fsp3) is 0.438. The first-order valence-electron chi connectivity index (χ1n) is 6.88. The van der Waals surface area contributed by atoms with Crippen molar-refractivity contribution in [1.82, 2.24) is 5.32 Å². The molecule has 1 atom stereocenters. The lowest BCUT2D eigenvalue weighted by Crippen LogP contribution is -2.45. The molecule has 0 unspecified atom stereocenters. The fourth-order valence-corrected chi connectivity index (χ4v) is 1.71. The molecule has 22 heavy (non-hydrogen) atoms. The maximum absolute atomic E-state index is 12.1. The van der Waals surface area contributed by atoms with Crippen molar-refractivity contribution in [3.63, 3.8) is 0 Å². The van der Waals surface area contributed by atoms with Crippen LogP contribution < -0.4 is 5.32 Å². The number of amides is 1. The molecule has 1 aromatic rings. The monoisotopic (exact) mass is 307 g/mol. The minimum Gasteiger partial charge on any atom is -0.467 e. The number of esters is 1. The molecule has 6 nitrogen and oxygen atoms in total. The van der Waals surface area contributed by atoms with Crippen LogP contribution in [0.2, 0.25) is 0 Å². The van der Waals surface area contributed by atoms with Gasteiger partial charge in [0.2, 0.25) is 0 Å². The molecule has 0 radical (unpaired) electrons. The second-order valence-corrected chi connectivity index (χ2v) is 5.72. The van der Waals surface area contributed by atoms with Crippen molar-refractivity contribution in [2.24, 2.45) is 0 Å². The van der Waals surface area contributed by atoms with E-state index in [1.807, 2.05) is 0 Å². The number of nitrogens with one attached hydrogen (secondary N) is 1. The van der Waals surface area contributed by atoms with Gasteiger partial charge in [-0.25, -0.2) is 9.59 Å². The Labute approximate surface area is 129 Å². The van der Waals surface area contributed by atoms with Gasteiger partial charge in [0.25, 0.3) is 0 Å². The summed E-state index contributed by atoms with van der Waals surface area (Å²) >= 11 is 0. The van der Waals surface area contributed by atoms with Gasteiger partial charge in [0, 0.05) is 12.0 Å². The topological polar surface area (TPSA) is 81.7 Å². The molecule has 0 aliphatic carbocycles. The first kappa shape index (κ1) is 17.7. The van der Waals surface area contributed by atoms with E-state index in [4.69, 9.17) is 4.74 Å². The highest BCUT2D eigenvalue weighted by Crippen LogP contribution is 2.10. The first-order valence-corrected chi connectivity index (χ1v) is 6.88. The molecule has 0 aromatic heterocycles. The van der Waals surface area contributed by atoms with Gasteiger partial charge in [0.15, 0.2) is 5.78 Å². The van der Waals surface area contributed by atoms with Crippen LogP contribution in [0.25, 0.3) is 0 Å². The van der Waals surface area contributed by atoms with Crippen molar-refractivity contribution in [1.29, 1.82) is 0 Å². The first-order chi connectivity index (χ1) is 10.2. The molecule has 1 aromatic carbocycles. The maximum Gasteiger partial charge on any atom is 0.408 e. The molecule has 0 aliphatic heterocycles. The number of ketones is 1. The lowest BCUT2D eigenvalue weighted by atomic mass is 10.0. The predicted molar refractivity (Wildman–Crippen MR) is 80.6 cm³/mol. The van der Waals surface area contributed by atoms with Crippen LogP contribution in [0.3, 0.4) is 0 Å². The summed E-state index contributed by atoms with van der Waals surface area (Å²) in [6.07, 6.45) is -0.973. The molecule has 0 heterocycles. The SMILES string of the molecule is COC(=O)[C@H](CC(=O)c1ccccc1)NC(=O)OC(C)(C)C. The number of Topliss-reactive ketones (excluding diaryl/α,β-unsaturated/α-hetero) is 1. The summed E-state index contributed by atoms with van der Waals surface area (Å²) in [4.78, 5) is 35.6. The number of carbonyl (C=O) groups excluding carboxylic acids is 3. The zero-order valence-electron chi connectivity index (χ0n) is 13.2. The second kappa shape index (κ2) is 7.59. The summed E-state index contributed by atoms with van der Waals surface area (Å²) in [5.41, 5.74) is -0.240. The zero-order chi connectivity index (χ0) is 16.8. The van der Waals surface area contributed by atoms with Crippen molar-refractivity contribution in [3.8, 4) is 0 Å². The molecule has 0 bridgehead atoms. The van der Waals surface area contributed by atoms with Crippen molar-refractivity contribution >= 4 is 17.8 Å². The van der Waals surface area contributed by atoms with Gasteiger partial charge in [-0.1, -0.05) is 30.3 Å². The molecule has 0 aliphatic rings. The Kier molecular flexibility index (Phi) is 6.10. The van der Waals surface area contributed by atoms with Gasteiger partial charge in [-0.05, 0) is 20.8 Å². The number of hydrogen-bond acceptors (Lipinski definition) is 5. The summed E-state index contributed by atoms with van der Waals surface area (Å²) in [5.74, 6) is -0.970. The number of methoxy groups -OCH3 is 1. The average molecular weight is 307 g/mol. The van der Waals surface area contributed by atoms with Crippen LogP contribution in [0.15, 0.2) is 30.3 Å². The van der Waals surface area contributed by atoms with Crippen molar-refractivity contribution in [3.05, 3.63) is 35.9 Å². The molecule has 6 heteroatoms. The van der Waals surface area contributed by atoms with E-state index in [1.54, 1.807) is 51.1 Å². The van der Waals surface area contributed by atoms with E-state index >= 15 is 0 Å². The Balaban J connectivity index is 2.75. The van der Waals surface area contributed by atoms with Crippen LogP contribution in [0, 0.1) is 0 Å². The lowest BCUT2D eigenvalue weighted by molar-refractivity contribution is -0.143. The third-order valence-corrected chi connectivity index (χ3v) is 2.66. The van der Waals surface area contributed by atoms with Gasteiger partial charge < -0.3 is 14.8 Å². The summed E-state index contributed by atoms with van der Waals surface area (Å²) < 4.78 is 9.70. The standard InChI is InChI=1S/C16H21NO5/c1-16(2,3)22-15(20)17-12(14(19)21-4)10-13(18)11-8-6-5-7-9-11/h5-9,12H,10H2,1-4H3,(H,17,20)/t12-/m0/s1. The van der Waals surface area contributed by atoms with E-state index in [9.17, 15) is 14.4 Å². The summed E-state index contributed by atoms with van der Waals surface area (Å²) in [6, 6.07) is 7.43. The van der Waals surface area contributed by atoms with Crippen LogP contribution in [0.4, 0.5) is 4.79 Å². The molecular weight excluding hydrogens is 286 g/mol. The van der Waals surface area contributed by atoms with E-state index in [0.29, 0.717) is 5.56 Å². The maximum atomic E-state index is 12.1. The van der Waals surface area contributed by atoms with Crippen molar-refractivity contribution in [2.45, 2.75) is 38.8 Å². The smallest absolute Gasteiger partial charge is 0.408 e. The molecule has 120 valence electrons. The highest BCUT2D eigenvalue weighted by atomic mass is 16.6. The number of carbonyl (C=O) groups is 3. The van der Waals surface area contributed by atoms with Crippen LogP contribution in [0.1, 0.15) is 37.6 Å². The number of hydrogen-bond donors (Lipinski definition) is 1. The average Bonchev–Trinajstić information content (AvgIpc) is 2.44. The highest BCUT2D eigenvalue weighted by Gasteiger charge is 2.27. The van der Waals surface area contributed by atoms with Crippen LogP contribution >= 0.6 is 0 Å². The third-order valence-electron chi connectivity index (χ3n) is 2.66. The quantitative estimate of drug-likeness (QED) is 0.667. The summed E-state index contributed by atoms with van der Waals surface area (Å²) in [6.45, 7) is 5.11. The Bertz CT molecular complexity index is 533. The Morgan fingerprint density at radius 1 is 1.14 bits per heavy atom. The largest absolute Gasteiger partial charge is 0.467 e. The summed E-state index contributed by atoms with van der Waals surface area (Å²) in [7, 11) is 1.19. The van der Waals surface area contributed by atoms with E-state index in [2.05, 4.69) is 10.1 Å². The molecule has 1 amide bonds. The van der Waals surface area contributed by atoms with Crippen LogP contribution in [0.5, 0.6) is 0 Å². The van der Waals surface area contributed by atoms with Gasteiger partial charge in [0.1, 0.15) is 11.6 Å². The molecule has 1 N–H and O–H groups in total. The Hall–Kier alpha value is -2.37. The minimum absolute atomic E-state index is 0.198. The lowest BCUT2D eigenvalue weighted by Gasteiger charge is -2.22. The Morgan fingerprint density at radius 2 is 1.73 bits per heavy atom. The van der Waals surface area contributed by atoms with Crippen molar-refractivity contribution < 1.29 is 23.9 Å². The predicted octanol–water partition coefficient (Wildman–Crippen LogP) is 2.33. The van der Waals surface area contributed by atoms with Crippen LogP contribution in [-0.2, 0) is 14.3 Å². The van der Waals surface area contributed by atoms with Gasteiger partial charge in [-0.15, -0.1) is 0 Å². The number of benzene rings is 1. The highest BCUT2D eigenvalue weighted by molar-refractivity contribution is 5.99. The molecule has 0 saturated heterocycles. The zero-order valence-corrected chi connectivity index (χ0v) is 13.2. The molecular formula is C16H21NO5. The number of alkyl carbamates (subject to hydrolysis) is 1. The van der Waals surface area contributed by atoms with Gasteiger partial charge in [-0.2, -0.15) is 0 Å². The van der Waals surface area contributed by atoms with Crippen LogP contribution in [-0.4, -0.2) is 36.6 Å². The Morgan fingerprint density at radius 3 is 2.23 bits per heavy atom. The summed E-state index contributed by atoms with van der Waals surface area (Å²) in [5, 5.41) is 2.37. The van der Waals surface area contributed by atoms with E-state index in [1.165, 1.54) is 7.11 Å². The normalized spacial score (nSPS) is 12.2. The number of ether oxygens (including phenoxy) is 2.